The van der Waals surface area contributed by atoms with E-state index in [1.54, 1.807) is 6.20 Å². The second-order valence-corrected chi connectivity index (χ2v) is 3.30. The Morgan fingerprint density at radius 1 is 1.33 bits per heavy atom. The fraction of sp³-hybridized carbons (Fsp3) is 0.182. The zero-order valence-corrected chi connectivity index (χ0v) is 8.33. The van der Waals surface area contributed by atoms with Gasteiger partial charge in [0.25, 0.3) is 0 Å². The molecule has 1 aromatic carbocycles. The molecule has 1 atom stereocenters. The Labute approximate surface area is 87.2 Å². The average Bonchev–Trinajstić information content (AvgIpc) is 2.28. The molecule has 0 spiro atoms. The second-order valence-electron chi connectivity index (χ2n) is 3.30. The summed E-state index contributed by atoms with van der Waals surface area (Å²) in [4.78, 5) is 7.07. The van der Waals surface area contributed by atoms with Crippen molar-refractivity contribution in [1.82, 2.24) is 4.98 Å². The topological polar surface area (TPSA) is 61.7 Å². The van der Waals surface area contributed by atoms with Crippen molar-refractivity contribution in [2.45, 2.75) is 13.0 Å². The third-order valence-corrected chi connectivity index (χ3v) is 2.36. The predicted octanol–water partition coefficient (Wildman–Crippen LogP) is 3.61. The van der Waals surface area contributed by atoms with E-state index in [4.69, 9.17) is 5.53 Å². The van der Waals surface area contributed by atoms with E-state index in [1.165, 1.54) is 0 Å². The number of pyridine rings is 1. The Bertz CT molecular complexity index is 524. The normalized spacial score (nSPS) is 12.1. The highest BCUT2D eigenvalue weighted by molar-refractivity contribution is 5.82. The summed E-state index contributed by atoms with van der Waals surface area (Å²) in [5.74, 6) is 0. The van der Waals surface area contributed by atoms with Crippen molar-refractivity contribution in [1.29, 1.82) is 0 Å². The fourth-order valence-electron chi connectivity index (χ4n) is 1.62. The van der Waals surface area contributed by atoms with Gasteiger partial charge in [0.05, 0.1) is 11.6 Å². The molecule has 0 fully saturated rings. The Hall–Kier alpha value is -2.06. The number of aromatic nitrogens is 1. The molecule has 0 amide bonds. The third-order valence-electron chi connectivity index (χ3n) is 2.36. The van der Waals surface area contributed by atoms with Gasteiger partial charge in [0.15, 0.2) is 0 Å². The van der Waals surface area contributed by atoms with Crippen molar-refractivity contribution in [3.63, 3.8) is 0 Å². The van der Waals surface area contributed by atoms with E-state index >= 15 is 0 Å². The van der Waals surface area contributed by atoms with E-state index in [9.17, 15) is 0 Å². The summed E-state index contributed by atoms with van der Waals surface area (Å²) in [6, 6.07) is 9.56. The summed E-state index contributed by atoms with van der Waals surface area (Å²) < 4.78 is 0. The number of fused-ring (bicyclic) bond motifs is 1. The standard InChI is InChI=1S/C11H10N4/c1-8(14-15-12)9-6-7-13-11-5-3-2-4-10(9)11/h2-8H,1H3. The Kier molecular flexibility index (Phi) is 2.52. The number of rotatable bonds is 2. The molecular formula is C11H10N4. The smallest absolute Gasteiger partial charge is 0.0704 e. The van der Waals surface area contributed by atoms with Gasteiger partial charge in [0.1, 0.15) is 0 Å². The summed E-state index contributed by atoms with van der Waals surface area (Å²) >= 11 is 0. The van der Waals surface area contributed by atoms with Crippen molar-refractivity contribution in [3.05, 3.63) is 52.5 Å². The Morgan fingerprint density at radius 2 is 2.13 bits per heavy atom. The van der Waals surface area contributed by atoms with E-state index in [1.807, 2.05) is 37.3 Å². The predicted molar refractivity (Wildman–Crippen MR) is 59.3 cm³/mol. The first-order valence-corrected chi connectivity index (χ1v) is 4.71. The molecule has 0 radical (unpaired) electrons. The van der Waals surface area contributed by atoms with Gasteiger partial charge in [0, 0.05) is 16.5 Å². The van der Waals surface area contributed by atoms with E-state index < -0.39 is 0 Å². The zero-order chi connectivity index (χ0) is 10.7. The van der Waals surface area contributed by atoms with Crippen LogP contribution in [0.4, 0.5) is 0 Å². The van der Waals surface area contributed by atoms with Crippen LogP contribution in [0.2, 0.25) is 0 Å². The summed E-state index contributed by atoms with van der Waals surface area (Å²) in [6.07, 6.45) is 1.74. The van der Waals surface area contributed by atoms with E-state index in [0.29, 0.717) is 0 Å². The lowest BCUT2D eigenvalue weighted by atomic mass is 10.0. The molecule has 1 unspecified atom stereocenters. The first-order valence-electron chi connectivity index (χ1n) is 4.71. The van der Waals surface area contributed by atoms with Crippen LogP contribution in [0, 0.1) is 0 Å². The number of para-hydroxylation sites is 1. The minimum atomic E-state index is -0.164. The summed E-state index contributed by atoms with van der Waals surface area (Å²) in [5.41, 5.74) is 10.4. The van der Waals surface area contributed by atoms with Crippen LogP contribution in [-0.2, 0) is 0 Å². The van der Waals surface area contributed by atoms with Crippen molar-refractivity contribution >= 4 is 10.9 Å². The fourth-order valence-corrected chi connectivity index (χ4v) is 1.62. The highest BCUT2D eigenvalue weighted by atomic mass is 15.1. The molecular weight excluding hydrogens is 188 g/mol. The molecule has 0 N–H and O–H groups in total. The van der Waals surface area contributed by atoms with Crippen LogP contribution < -0.4 is 0 Å². The highest BCUT2D eigenvalue weighted by Crippen LogP contribution is 2.24. The van der Waals surface area contributed by atoms with Gasteiger partial charge in [-0.25, -0.2) is 0 Å². The molecule has 15 heavy (non-hydrogen) atoms. The molecule has 0 saturated carbocycles. The molecule has 1 aromatic heterocycles. The highest BCUT2D eigenvalue weighted by Gasteiger charge is 2.06. The zero-order valence-electron chi connectivity index (χ0n) is 8.33. The maximum absolute atomic E-state index is 8.41. The summed E-state index contributed by atoms with van der Waals surface area (Å²) in [7, 11) is 0. The second kappa shape index (κ2) is 3.98. The molecule has 1 heterocycles. The van der Waals surface area contributed by atoms with Crippen LogP contribution in [0.25, 0.3) is 21.3 Å². The van der Waals surface area contributed by atoms with E-state index in [0.717, 1.165) is 16.5 Å². The lowest BCUT2D eigenvalue weighted by Crippen LogP contribution is -1.91. The largest absolute Gasteiger partial charge is 0.256 e. The van der Waals surface area contributed by atoms with E-state index in [2.05, 4.69) is 15.0 Å². The molecule has 2 aromatic rings. The molecule has 4 heteroatoms. The molecule has 0 aliphatic rings. The maximum Gasteiger partial charge on any atom is 0.0704 e. The van der Waals surface area contributed by atoms with Crippen LogP contribution in [-0.4, -0.2) is 4.98 Å². The maximum atomic E-state index is 8.41. The lowest BCUT2D eigenvalue weighted by Gasteiger charge is -2.08. The molecule has 2 rings (SSSR count). The van der Waals surface area contributed by atoms with Gasteiger partial charge >= 0.3 is 0 Å². The molecule has 0 aliphatic carbocycles. The van der Waals surface area contributed by atoms with Gasteiger partial charge in [-0.05, 0) is 23.2 Å². The SMILES string of the molecule is CC(N=[N+]=[N-])c1ccnc2ccccc12. The van der Waals surface area contributed by atoms with Crippen LogP contribution in [0.3, 0.4) is 0 Å². The number of benzene rings is 1. The first kappa shape index (κ1) is 9.49. The number of nitrogens with zero attached hydrogens (tertiary/aromatic N) is 4. The minimum Gasteiger partial charge on any atom is -0.256 e. The van der Waals surface area contributed by atoms with Gasteiger partial charge < -0.3 is 0 Å². The van der Waals surface area contributed by atoms with Gasteiger partial charge in [-0.2, -0.15) is 0 Å². The molecule has 0 saturated heterocycles. The number of azide groups is 1. The van der Waals surface area contributed by atoms with Gasteiger partial charge in [-0.1, -0.05) is 30.2 Å². The lowest BCUT2D eigenvalue weighted by molar-refractivity contribution is 0.814. The minimum absolute atomic E-state index is 0.164. The van der Waals surface area contributed by atoms with Crippen molar-refractivity contribution < 1.29 is 0 Å². The van der Waals surface area contributed by atoms with Crippen molar-refractivity contribution in [3.8, 4) is 0 Å². The molecule has 0 aliphatic heterocycles. The van der Waals surface area contributed by atoms with Gasteiger partial charge in [0.2, 0.25) is 0 Å². The quantitative estimate of drug-likeness (QED) is 0.413. The summed E-state index contributed by atoms with van der Waals surface area (Å²) in [5, 5.41) is 4.74. The first-order chi connectivity index (χ1) is 7.33. The third kappa shape index (κ3) is 1.75. The Morgan fingerprint density at radius 3 is 2.93 bits per heavy atom. The number of hydrogen-bond donors (Lipinski definition) is 0. The van der Waals surface area contributed by atoms with Crippen molar-refractivity contribution in [2.75, 3.05) is 0 Å². The van der Waals surface area contributed by atoms with Gasteiger partial charge in [-0.3, -0.25) is 4.98 Å². The molecule has 0 bridgehead atoms. The van der Waals surface area contributed by atoms with Crippen LogP contribution in [0.15, 0.2) is 41.6 Å². The molecule has 4 nitrogen and oxygen atoms in total. The Balaban J connectivity index is 2.65. The van der Waals surface area contributed by atoms with E-state index in [-0.39, 0.29) is 6.04 Å². The van der Waals surface area contributed by atoms with Crippen molar-refractivity contribution in [2.24, 2.45) is 5.11 Å². The van der Waals surface area contributed by atoms with Crippen LogP contribution in [0.1, 0.15) is 18.5 Å². The summed E-state index contributed by atoms with van der Waals surface area (Å²) in [6.45, 7) is 1.88. The van der Waals surface area contributed by atoms with Crippen LogP contribution in [0.5, 0.6) is 0 Å². The monoisotopic (exact) mass is 198 g/mol. The molecule has 74 valence electrons. The van der Waals surface area contributed by atoms with Crippen LogP contribution >= 0.6 is 0 Å². The van der Waals surface area contributed by atoms with Gasteiger partial charge in [-0.15, -0.1) is 0 Å². The average molecular weight is 198 g/mol. The number of hydrogen-bond acceptors (Lipinski definition) is 2.